The van der Waals surface area contributed by atoms with Crippen molar-refractivity contribution in [2.45, 2.75) is 76.1 Å². The van der Waals surface area contributed by atoms with Crippen LogP contribution in [0, 0.1) is 10.8 Å². The zero-order chi connectivity index (χ0) is 31.0. The standard InChI is InChI=1S/C30H43N5O8/c1-19(31-26(36)17-35-10-12-42-13-11-35)28(38)33-24(16-21-8-9-25(41-3)22(15-21)34-40)29(39)32-23(14-20-6-4-5-7-20)27(37)30(2)18-43-30/h8-9,15,19-20,23-24H,4-7,10-14,16-18H2,1-3H3,(H,31,36)(H,32,39)(H,33,38). The number of amides is 3. The highest BCUT2D eigenvalue weighted by Gasteiger charge is 2.50. The number of nitrogens with one attached hydrogen (secondary N) is 3. The summed E-state index contributed by atoms with van der Waals surface area (Å²) in [5.74, 6) is -1.01. The molecule has 3 N–H and O–H groups in total. The van der Waals surface area contributed by atoms with E-state index in [2.05, 4.69) is 21.1 Å². The van der Waals surface area contributed by atoms with Crippen molar-refractivity contribution in [3.63, 3.8) is 0 Å². The number of ketones is 1. The largest absolute Gasteiger partial charge is 0.494 e. The molecule has 3 aliphatic rings. The number of ether oxygens (including phenoxy) is 3. The van der Waals surface area contributed by atoms with Crippen LogP contribution in [0.1, 0.15) is 51.5 Å². The predicted molar refractivity (Wildman–Crippen MR) is 157 cm³/mol. The normalized spacial score (nSPS) is 22.6. The van der Waals surface area contributed by atoms with Crippen LogP contribution in [-0.4, -0.2) is 98.7 Å². The fraction of sp³-hybridized carbons (Fsp3) is 0.667. The van der Waals surface area contributed by atoms with Gasteiger partial charge in [-0.15, -0.1) is 4.91 Å². The summed E-state index contributed by atoms with van der Waals surface area (Å²) >= 11 is 0. The van der Waals surface area contributed by atoms with Crippen LogP contribution in [0.5, 0.6) is 5.75 Å². The Morgan fingerprint density at radius 2 is 1.74 bits per heavy atom. The summed E-state index contributed by atoms with van der Waals surface area (Å²) in [7, 11) is 1.42. The number of rotatable bonds is 15. The lowest BCUT2D eigenvalue weighted by Crippen LogP contribution is -2.57. The summed E-state index contributed by atoms with van der Waals surface area (Å²) in [6.07, 6.45) is 4.67. The summed E-state index contributed by atoms with van der Waals surface area (Å²) in [6, 6.07) is 1.93. The first-order chi connectivity index (χ1) is 20.6. The number of Topliss-reactive ketones (excluding diaryl/α,β-unsaturated/α-hetero) is 1. The quantitative estimate of drug-likeness (QED) is 0.199. The van der Waals surface area contributed by atoms with Crippen molar-refractivity contribution in [3.05, 3.63) is 28.7 Å². The molecule has 1 saturated carbocycles. The molecule has 0 radical (unpaired) electrons. The van der Waals surface area contributed by atoms with Crippen LogP contribution in [0.15, 0.2) is 23.4 Å². The fourth-order valence-corrected chi connectivity index (χ4v) is 5.69. The number of epoxide rings is 1. The van der Waals surface area contributed by atoms with Crippen LogP contribution < -0.4 is 20.7 Å². The van der Waals surface area contributed by atoms with Gasteiger partial charge in [0.25, 0.3) is 0 Å². The molecule has 4 unspecified atom stereocenters. The zero-order valence-electron chi connectivity index (χ0n) is 25.2. The van der Waals surface area contributed by atoms with Gasteiger partial charge in [-0.2, -0.15) is 0 Å². The van der Waals surface area contributed by atoms with E-state index < -0.39 is 35.5 Å². The highest BCUT2D eigenvalue weighted by Crippen LogP contribution is 2.34. The summed E-state index contributed by atoms with van der Waals surface area (Å²) < 4.78 is 15.9. The average Bonchev–Trinajstić information content (AvgIpc) is 3.54. The van der Waals surface area contributed by atoms with Gasteiger partial charge in [0.2, 0.25) is 17.7 Å². The van der Waals surface area contributed by atoms with Crippen LogP contribution >= 0.6 is 0 Å². The lowest BCUT2D eigenvalue weighted by Gasteiger charge is -2.27. The average molecular weight is 602 g/mol. The molecular formula is C30H43N5O8. The molecule has 1 aromatic rings. The Morgan fingerprint density at radius 1 is 1.07 bits per heavy atom. The van der Waals surface area contributed by atoms with Gasteiger partial charge in [-0.1, -0.05) is 31.7 Å². The molecule has 2 saturated heterocycles. The minimum Gasteiger partial charge on any atom is -0.494 e. The van der Waals surface area contributed by atoms with E-state index in [1.807, 2.05) is 4.90 Å². The van der Waals surface area contributed by atoms with Crippen LogP contribution in [0.25, 0.3) is 0 Å². The molecule has 236 valence electrons. The van der Waals surface area contributed by atoms with Gasteiger partial charge in [-0.05, 0) is 49.1 Å². The second-order valence-electron chi connectivity index (χ2n) is 11.9. The number of carbonyl (C=O) groups is 4. The topological polar surface area (TPSA) is 168 Å². The van der Waals surface area contributed by atoms with Gasteiger partial charge < -0.3 is 30.2 Å². The Balaban J connectivity index is 1.48. The Labute approximate surface area is 251 Å². The van der Waals surface area contributed by atoms with Gasteiger partial charge >= 0.3 is 0 Å². The van der Waals surface area contributed by atoms with Gasteiger partial charge in [0.1, 0.15) is 29.1 Å². The molecule has 3 amide bonds. The summed E-state index contributed by atoms with van der Waals surface area (Å²) in [5, 5.41) is 11.4. The van der Waals surface area contributed by atoms with E-state index >= 15 is 0 Å². The number of benzene rings is 1. The number of hydrogen-bond acceptors (Lipinski definition) is 10. The monoisotopic (exact) mass is 601 g/mol. The number of nitroso groups, excluding NO2 is 1. The molecule has 1 aromatic carbocycles. The van der Waals surface area contributed by atoms with Crippen molar-refractivity contribution < 1.29 is 33.4 Å². The lowest BCUT2D eigenvalue weighted by atomic mass is 9.90. The zero-order valence-corrected chi connectivity index (χ0v) is 25.2. The number of nitrogens with zero attached hydrogens (tertiary/aromatic N) is 2. The first-order valence-corrected chi connectivity index (χ1v) is 15.0. The molecule has 4 rings (SSSR count). The van der Waals surface area contributed by atoms with Crippen molar-refractivity contribution in [2.24, 2.45) is 11.1 Å². The number of carbonyl (C=O) groups excluding carboxylic acids is 4. The Morgan fingerprint density at radius 3 is 2.37 bits per heavy atom. The highest BCUT2D eigenvalue weighted by atomic mass is 16.6. The fourth-order valence-electron chi connectivity index (χ4n) is 5.69. The van der Waals surface area contributed by atoms with E-state index in [1.165, 1.54) is 13.2 Å². The van der Waals surface area contributed by atoms with Gasteiger partial charge in [0.15, 0.2) is 5.78 Å². The van der Waals surface area contributed by atoms with Crippen LogP contribution in [-0.2, 0) is 35.1 Å². The van der Waals surface area contributed by atoms with Crippen molar-refractivity contribution in [1.82, 2.24) is 20.9 Å². The summed E-state index contributed by atoms with van der Waals surface area (Å²) in [6.45, 7) is 6.03. The predicted octanol–water partition coefficient (Wildman–Crippen LogP) is 1.38. The number of morpholine rings is 1. The molecular weight excluding hydrogens is 558 g/mol. The third-order valence-electron chi connectivity index (χ3n) is 8.43. The SMILES string of the molecule is COc1ccc(CC(NC(=O)C(C)NC(=O)CN2CCOCC2)C(=O)NC(CC2CCCC2)C(=O)C2(C)CO2)cc1N=O. The number of methoxy groups -OCH3 is 1. The molecule has 1 aliphatic carbocycles. The Hall–Kier alpha value is -3.42. The molecule has 2 heterocycles. The second kappa shape index (κ2) is 14.8. The molecule has 13 heteroatoms. The maximum Gasteiger partial charge on any atom is 0.243 e. The first-order valence-electron chi connectivity index (χ1n) is 15.0. The van der Waals surface area contributed by atoms with Crippen molar-refractivity contribution in [2.75, 3.05) is 46.6 Å². The third-order valence-corrected chi connectivity index (χ3v) is 8.43. The van der Waals surface area contributed by atoms with Gasteiger partial charge in [0.05, 0.1) is 39.5 Å². The third kappa shape index (κ3) is 9.04. The lowest BCUT2D eigenvalue weighted by molar-refractivity contribution is -0.134. The highest BCUT2D eigenvalue weighted by molar-refractivity contribution is 5.98. The Kier molecular flexibility index (Phi) is 11.2. The maximum atomic E-state index is 13.8. The van der Waals surface area contributed by atoms with Crippen molar-refractivity contribution >= 4 is 29.2 Å². The maximum absolute atomic E-state index is 13.8. The van der Waals surface area contributed by atoms with E-state index in [9.17, 15) is 24.1 Å². The summed E-state index contributed by atoms with van der Waals surface area (Å²) in [4.78, 5) is 66.3. The summed E-state index contributed by atoms with van der Waals surface area (Å²) in [5.41, 5.74) is -0.312. The van der Waals surface area contributed by atoms with E-state index in [0.717, 1.165) is 25.7 Å². The van der Waals surface area contributed by atoms with Crippen LogP contribution in [0.2, 0.25) is 0 Å². The number of hydrogen-bond donors (Lipinski definition) is 3. The van der Waals surface area contributed by atoms with E-state index in [4.69, 9.17) is 14.2 Å². The van der Waals surface area contributed by atoms with E-state index in [0.29, 0.717) is 50.8 Å². The van der Waals surface area contributed by atoms with Gasteiger partial charge in [-0.25, -0.2) is 0 Å². The van der Waals surface area contributed by atoms with Gasteiger partial charge in [-0.3, -0.25) is 24.1 Å². The van der Waals surface area contributed by atoms with Crippen LogP contribution in [0.3, 0.4) is 0 Å². The Bertz CT molecular complexity index is 1180. The van der Waals surface area contributed by atoms with Gasteiger partial charge in [0, 0.05) is 19.5 Å². The minimum absolute atomic E-state index is 0.0106. The molecule has 43 heavy (non-hydrogen) atoms. The smallest absolute Gasteiger partial charge is 0.243 e. The minimum atomic E-state index is -1.11. The first kappa shape index (κ1) is 32.5. The van der Waals surface area contributed by atoms with E-state index in [-0.39, 0.29) is 36.1 Å². The van der Waals surface area contributed by atoms with Crippen molar-refractivity contribution in [3.8, 4) is 5.75 Å². The second-order valence-corrected chi connectivity index (χ2v) is 11.9. The molecule has 2 aliphatic heterocycles. The molecule has 0 spiro atoms. The molecule has 13 nitrogen and oxygen atoms in total. The van der Waals surface area contributed by atoms with Crippen LogP contribution in [0.4, 0.5) is 5.69 Å². The van der Waals surface area contributed by atoms with Crippen molar-refractivity contribution in [1.29, 1.82) is 0 Å². The molecule has 4 atom stereocenters. The van der Waals surface area contributed by atoms with E-state index in [1.54, 1.807) is 26.0 Å². The molecule has 3 fully saturated rings. The molecule has 0 aromatic heterocycles. The molecule has 0 bridgehead atoms.